The van der Waals surface area contributed by atoms with E-state index in [1.165, 1.54) is 0 Å². The summed E-state index contributed by atoms with van der Waals surface area (Å²) in [5.74, 6) is 0. The highest BCUT2D eigenvalue weighted by Gasteiger charge is 2.43. The predicted molar refractivity (Wildman–Crippen MR) is 36.5 cm³/mol. The SMILES string of the molecule is NC(=O)N1C2CNCC1C2. The van der Waals surface area contributed by atoms with Crippen molar-refractivity contribution in [1.29, 1.82) is 0 Å². The van der Waals surface area contributed by atoms with Crippen molar-refractivity contribution in [2.24, 2.45) is 5.73 Å². The zero-order valence-electron chi connectivity index (χ0n) is 5.71. The standard InChI is InChI=1S/C6H11N3O/c7-6(10)9-4-1-5(9)3-8-2-4/h4-5,8H,1-3H2,(H2,7,10). The summed E-state index contributed by atoms with van der Waals surface area (Å²) in [5, 5.41) is 3.22. The van der Waals surface area contributed by atoms with Crippen LogP contribution in [-0.4, -0.2) is 36.1 Å². The van der Waals surface area contributed by atoms with Crippen LogP contribution in [-0.2, 0) is 0 Å². The van der Waals surface area contributed by atoms with E-state index < -0.39 is 0 Å². The van der Waals surface area contributed by atoms with Crippen molar-refractivity contribution in [2.75, 3.05) is 13.1 Å². The first kappa shape index (κ1) is 5.97. The molecule has 2 atom stereocenters. The number of nitrogens with two attached hydrogens (primary N) is 1. The third kappa shape index (κ3) is 0.623. The van der Waals surface area contributed by atoms with Gasteiger partial charge in [-0.15, -0.1) is 0 Å². The number of urea groups is 1. The number of hydrogen-bond acceptors (Lipinski definition) is 2. The molecule has 0 aromatic rings. The summed E-state index contributed by atoms with van der Waals surface area (Å²) in [4.78, 5) is 12.5. The summed E-state index contributed by atoms with van der Waals surface area (Å²) in [6.07, 6.45) is 1.13. The fourth-order valence-electron chi connectivity index (χ4n) is 1.84. The van der Waals surface area contributed by atoms with E-state index in [9.17, 15) is 4.79 Å². The second-order valence-electron chi connectivity index (χ2n) is 2.95. The average Bonchev–Trinajstić information content (AvgIpc) is 1.87. The van der Waals surface area contributed by atoms with E-state index in [0.29, 0.717) is 12.1 Å². The summed E-state index contributed by atoms with van der Waals surface area (Å²) in [6, 6.07) is 0.509. The van der Waals surface area contributed by atoms with Crippen molar-refractivity contribution in [3.63, 3.8) is 0 Å². The van der Waals surface area contributed by atoms with E-state index in [4.69, 9.17) is 5.73 Å². The van der Waals surface area contributed by atoms with E-state index >= 15 is 0 Å². The molecular formula is C6H11N3O. The maximum atomic E-state index is 10.7. The Hall–Kier alpha value is -0.770. The zero-order chi connectivity index (χ0) is 7.14. The number of piperazine rings is 1. The Kier molecular flexibility index (Phi) is 1.11. The molecular weight excluding hydrogens is 130 g/mol. The van der Waals surface area contributed by atoms with Gasteiger partial charge < -0.3 is 16.0 Å². The van der Waals surface area contributed by atoms with Gasteiger partial charge in [-0.05, 0) is 6.42 Å². The van der Waals surface area contributed by atoms with Crippen molar-refractivity contribution in [3.05, 3.63) is 0 Å². The highest BCUT2D eigenvalue weighted by Crippen LogP contribution is 2.27. The van der Waals surface area contributed by atoms with Gasteiger partial charge in [-0.1, -0.05) is 0 Å². The van der Waals surface area contributed by atoms with E-state index in [2.05, 4.69) is 5.32 Å². The largest absolute Gasteiger partial charge is 0.351 e. The Morgan fingerprint density at radius 3 is 2.40 bits per heavy atom. The average molecular weight is 141 g/mol. The second kappa shape index (κ2) is 1.85. The third-order valence-electron chi connectivity index (χ3n) is 2.35. The lowest BCUT2D eigenvalue weighted by Gasteiger charge is -2.52. The van der Waals surface area contributed by atoms with Crippen LogP contribution in [0, 0.1) is 0 Å². The lowest BCUT2D eigenvalue weighted by molar-refractivity contribution is 0.0288. The van der Waals surface area contributed by atoms with Gasteiger partial charge in [-0.25, -0.2) is 4.79 Å². The van der Waals surface area contributed by atoms with Crippen LogP contribution in [0.15, 0.2) is 0 Å². The lowest BCUT2D eigenvalue weighted by Crippen LogP contribution is -2.70. The number of piperidine rings is 1. The summed E-state index contributed by atoms with van der Waals surface area (Å²) < 4.78 is 0. The van der Waals surface area contributed by atoms with E-state index in [-0.39, 0.29) is 6.03 Å². The Morgan fingerprint density at radius 2 is 2.10 bits per heavy atom. The van der Waals surface area contributed by atoms with Gasteiger partial charge in [-0.2, -0.15) is 0 Å². The molecule has 3 aliphatic rings. The quantitative estimate of drug-likeness (QED) is 0.460. The molecule has 0 radical (unpaired) electrons. The molecule has 3 N–H and O–H groups in total. The maximum absolute atomic E-state index is 10.7. The topological polar surface area (TPSA) is 58.4 Å². The number of rotatable bonds is 0. The summed E-state index contributed by atoms with van der Waals surface area (Å²) >= 11 is 0. The Labute approximate surface area is 59.4 Å². The van der Waals surface area contributed by atoms with Gasteiger partial charge in [0.05, 0.1) is 0 Å². The highest BCUT2D eigenvalue weighted by molar-refractivity contribution is 5.74. The molecule has 56 valence electrons. The monoisotopic (exact) mass is 141 g/mol. The number of carbonyl (C=O) groups is 1. The minimum atomic E-state index is -0.261. The fraction of sp³-hybridized carbons (Fsp3) is 0.833. The number of carbonyl (C=O) groups excluding carboxylic acids is 1. The van der Waals surface area contributed by atoms with Crippen LogP contribution in [0.5, 0.6) is 0 Å². The molecule has 0 aliphatic carbocycles. The normalized spacial score (nSPS) is 37.0. The summed E-state index contributed by atoms with van der Waals surface area (Å²) in [5.41, 5.74) is 5.15. The minimum absolute atomic E-state index is 0.261. The molecule has 2 unspecified atom stereocenters. The van der Waals surface area contributed by atoms with Crippen LogP contribution in [0.2, 0.25) is 0 Å². The number of amides is 2. The van der Waals surface area contributed by atoms with Gasteiger partial charge in [0.25, 0.3) is 0 Å². The van der Waals surface area contributed by atoms with Crippen molar-refractivity contribution in [3.8, 4) is 0 Å². The molecule has 3 fully saturated rings. The molecule has 3 heterocycles. The molecule has 0 aromatic carbocycles. The first-order valence-electron chi connectivity index (χ1n) is 3.57. The van der Waals surface area contributed by atoms with Crippen LogP contribution in [0.4, 0.5) is 4.79 Å². The van der Waals surface area contributed by atoms with Crippen molar-refractivity contribution in [1.82, 2.24) is 10.2 Å². The smallest absolute Gasteiger partial charge is 0.315 e. The van der Waals surface area contributed by atoms with Crippen LogP contribution in [0.3, 0.4) is 0 Å². The van der Waals surface area contributed by atoms with Crippen molar-refractivity contribution >= 4 is 6.03 Å². The lowest BCUT2D eigenvalue weighted by atomic mass is 9.89. The highest BCUT2D eigenvalue weighted by atomic mass is 16.2. The molecule has 0 spiro atoms. The first-order chi connectivity index (χ1) is 4.79. The third-order valence-corrected chi connectivity index (χ3v) is 2.35. The van der Waals surface area contributed by atoms with Gasteiger partial charge >= 0.3 is 6.03 Å². The molecule has 3 aliphatic heterocycles. The molecule has 2 amide bonds. The van der Waals surface area contributed by atoms with Crippen LogP contribution >= 0.6 is 0 Å². The Morgan fingerprint density at radius 1 is 1.50 bits per heavy atom. The molecule has 3 rings (SSSR count). The van der Waals surface area contributed by atoms with Gasteiger partial charge in [0, 0.05) is 25.2 Å². The van der Waals surface area contributed by atoms with Gasteiger partial charge in [0.1, 0.15) is 0 Å². The number of nitrogens with one attached hydrogen (secondary N) is 1. The van der Waals surface area contributed by atoms with Gasteiger partial charge in [0.2, 0.25) is 0 Å². The van der Waals surface area contributed by atoms with Crippen LogP contribution in [0.25, 0.3) is 0 Å². The summed E-state index contributed by atoms with van der Waals surface area (Å²) in [7, 11) is 0. The molecule has 0 aromatic heterocycles. The second-order valence-corrected chi connectivity index (χ2v) is 2.95. The van der Waals surface area contributed by atoms with Crippen LogP contribution < -0.4 is 11.1 Å². The van der Waals surface area contributed by atoms with Crippen molar-refractivity contribution < 1.29 is 4.79 Å². The van der Waals surface area contributed by atoms with E-state index in [1.807, 2.05) is 0 Å². The van der Waals surface area contributed by atoms with Crippen LogP contribution in [0.1, 0.15) is 6.42 Å². The maximum Gasteiger partial charge on any atom is 0.315 e. The molecule has 10 heavy (non-hydrogen) atoms. The molecule has 3 saturated heterocycles. The van der Waals surface area contributed by atoms with E-state index in [0.717, 1.165) is 19.5 Å². The Balaban J connectivity index is 2.06. The number of primary amides is 1. The molecule has 4 nitrogen and oxygen atoms in total. The fourth-order valence-corrected chi connectivity index (χ4v) is 1.84. The number of hydrogen-bond donors (Lipinski definition) is 2. The Bertz CT molecular complexity index is 156. The molecule has 0 saturated carbocycles. The first-order valence-corrected chi connectivity index (χ1v) is 3.57. The predicted octanol–water partition coefficient (Wildman–Crippen LogP) is -0.889. The van der Waals surface area contributed by atoms with Gasteiger partial charge in [0.15, 0.2) is 0 Å². The van der Waals surface area contributed by atoms with E-state index in [1.54, 1.807) is 4.90 Å². The minimum Gasteiger partial charge on any atom is -0.351 e. The van der Waals surface area contributed by atoms with Crippen molar-refractivity contribution in [2.45, 2.75) is 18.5 Å². The number of fused-ring (bicyclic) bond motifs is 2. The number of nitrogens with zero attached hydrogens (tertiary/aromatic N) is 1. The zero-order valence-corrected chi connectivity index (χ0v) is 5.71. The summed E-state index contributed by atoms with van der Waals surface area (Å²) in [6.45, 7) is 1.83. The molecule has 4 heteroatoms. The van der Waals surface area contributed by atoms with Gasteiger partial charge in [-0.3, -0.25) is 0 Å². The molecule has 2 bridgehead atoms.